The van der Waals surface area contributed by atoms with Gasteiger partial charge in [-0.1, -0.05) is 0 Å². The van der Waals surface area contributed by atoms with E-state index in [0.29, 0.717) is 0 Å². The molecule has 0 aliphatic heterocycles. The molecule has 0 atom stereocenters. The molecule has 1 aromatic rings. The number of hydrogen-bond acceptors (Lipinski definition) is 3. The summed E-state index contributed by atoms with van der Waals surface area (Å²) in [4.78, 5) is 4.08. The number of nitrogens with zero attached hydrogens (tertiary/aromatic N) is 1. The molecule has 0 bridgehead atoms. The van der Waals surface area contributed by atoms with Crippen molar-refractivity contribution in [1.82, 2.24) is 4.98 Å². The first-order valence-corrected chi connectivity index (χ1v) is 4.37. The second-order valence-corrected chi connectivity index (χ2v) is 3.20. The van der Waals surface area contributed by atoms with E-state index in [1.165, 1.54) is 0 Å². The van der Waals surface area contributed by atoms with Crippen LogP contribution in [0.15, 0.2) is 12.3 Å². The summed E-state index contributed by atoms with van der Waals surface area (Å²) in [6.07, 6.45) is 1.80. The van der Waals surface area contributed by atoms with Gasteiger partial charge in [-0.3, -0.25) is 4.98 Å². The average molecular weight is 181 g/mol. The molecule has 1 heterocycles. The summed E-state index contributed by atoms with van der Waals surface area (Å²) in [5.41, 5.74) is 1.59. The number of aliphatic hydroxyl groups is 1. The molecule has 3 nitrogen and oxygen atoms in total. The van der Waals surface area contributed by atoms with Crippen molar-refractivity contribution < 1.29 is 9.84 Å². The van der Waals surface area contributed by atoms with E-state index in [1.807, 2.05) is 20.8 Å². The lowest BCUT2D eigenvalue weighted by atomic mass is 10.2. The topological polar surface area (TPSA) is 42.4 Å². The van der Waals surface area contributed by atoms with E-state index in [4.69, 9.17) is 9.84 Å². The lowest BCUT2D eigenvalue weighted by Gasteiger charge is -2.13. The molecule has 72 valence electrons. The molecular formula is C10H15NO2. The lowest BCUT2D eigenvalue weighted by Crippen LogP contribution is -2.08. The minimum absolute atomic E-state index is 0.0261. The number of aromatic nitrogens is 1. The zero-order valence-electron chi connectivity index (χ0n) is 8.24. The maximum atomic E-state index is 9.09. The standard InChI is InChI=1S/C10H15NO2/c1-7(2)13-10-4-5-11-8(3)9(10)6-12/h4-5,7,12H,6H2,1-3H3. The molecule has 0 fully saturated rings. The first kappa shape index (κ1) is 9.99. The highest BCUT2D eigenvalue weighted by atomic mass is 16.5. The lowest BCUT2D eigenvalue weighted by molar-refractivity contribution is 0.224. The molecule has 1 N–H and O–H groups in total. The van der Waals surface area contributed by atoms with Crippen molar-refractivity contribution in [2.75, 3.05) is 0 Å². The Balaban J connectivity index is 2.98. The van der Waals surface area contributed by atoms with Gasteiger partial charge in [0.1, 0.15) is 5.75 Å². The Bertz CT molecular complexity index is 284. The quantitative estimate of drug-likeness (QED) is 0.771. The molecule has 0 aliphatic rings. The van der Waals surface area contributed by atoms with Crippen LogP contribution in [0.4, 0.5) is 0 Å². The van der Waals surface area contributed by atoms with Crippen LogP contribution in [0.3, 0.4) is 0 Å². The van der Waals surface area contributed by atoms with Crippen molar-refractivity contribution in [2.24, 2.45) is 0 Å². The number of rotatable bonds is 3. The molecule has 0 radical (unpaired) electrons. The third kappa shape index (κ3) is 2.42. The predicted molar refractivity (Wildman–Crippen MR) is 50.7 cm³/mol. The van der Waals surface area contributed by atoms with Crippen LogP contribution >= 0.6 is 0 Å². The number of aryl methyl sites for hydroxylation is 1. The van der Waals surface area contributed by atoms with Gasteiger partial charge in [-0.25, -0.2) is 0 Å². The van der Waals surface area contributed by atoms with Crippen LogP contribution in [0.5, 0.6) is 5.75 Å². The van der Waals surface area contributed by atoms with Crippen LogP contribution in [0.25, 0.3) is 0 Å². The highest BCUT2D eigenvalue weighted by Crippen LogP contribution is 2.21. The van der Waals surface area contributed by atoms with E-state index in [9.17, 15) is 0 Å². The molecule has 0 saturated heterocycles. The van der Waals surface area contributed by atoms with Crippen LogP contribution in [0, 0.1) is 6.92 Å². The van der Waals surface area contributed by atoms with Crippen molar-refractivity contribution >= 4 is 0 Å². The Morgan fingerprint density at radius 2 is 2.23 bits per heavy atom. The van der Waals surface area contributed by atoms with Gasteiger partial charge in [0.2, 0.25) is 0 Å². The van der Waals surface area contributed by atoms with Gasteiger partial charge in [-0.15, -0.1) is 0 Å². The Morgan fingerprint density at radius 3 is 2.77 bits per heavy atom. The minimum atomic E-state index is -0.0261. The molecule has 1 rings (SSSR count). The maximum absolute atomic E-state index is 9.09. The molecule has 1 aromatic heterocycles. The van der Waals surface area contributed by atoms with E-state index < -0.39 is 0 Å². The molecule has 3 heteroatoms. The molecule has 0 unspecified atom stereocenters. The summed E-state index contributed by atoms with van der Waals surface area (Å²) in [5.74, 6) is 0.727. The SMILES string of the molecule is Cc1nccc(OC(C)C)c1CO. The van der Waals surface area contributed by atoms with Gasteiger partial charge < -0.3 is 9.84 Å². The van der Waals surface area contributed by atoms with E-state index in [1.54, 1.807) is 12.3 Å². The van der Waals surface area contributed by atoms with E-state index in [2.05, 4.69) is 4.98 Å². The van der Waals surface area contributed by atoms with Crippen molar-refractivity contribution in [3.8, 4) is 5.75 Å². The molecule has 13 heavy (non-hydrogen) atoms. The minimum Gasteiger partial charge on any atom is -0.491 e. The fraction of sp³-hybridized carbons (Fsp3) is 0.500. The van der Waals surface area contributed by atoms with Gasteiger partial charge in [0.05, 0.1) is 12.7 Å². The summed E-state index contributed by atoms with van der Waals surface area (Å²) < 4.78 is 5.52. The number of ether oxygens (including phenoxy) is 1. The van der Waals surface area contributed by atoms with Crippen LogP contribution in [-0.4, -0.2) is 16.2 Å². The zero-order chi connectivity index (χ0) is 9.84. The molecule has 0 spiro atoms. The summed E-state index contributed by atoms with van der Waals surface area (Å²) in [6, 6.07) is 1.78. The Labute approximate surface area is 78.4 Å². The number of pyridine rings is 1. The van der Waals surface area contributed by atoms with Gasteiger partial charge in [0.25, 0.3) is 0 Å². The second kappa shape index (κ2) is 4.23. The summed E-state index contributed by atoms with van der Waals surface area (Å²) in [7, 11) is 0. The second-order valence-electron chi connectivity index (χ2n) is 3.20. The molecule has 0 aliphatic carbocycles. The zero-order valence-corrected chi connectivity index (χ0v) is 8.24. The summed E-state index contributed by atoms with van der Waals surface area (Å²) in [6.45, 7) is 5.74. The van der Waals surface area contributed by atoms with Gasteiger partial charge in [-0.05, 0) is 26.8 Å². The van der Waals surface area contributed by atoms with Gasteiger partial charge >= 0.3 is 0 Å². The van der Waals surface area contributed by atoms with Gasteiger partial charge in [0, 0.05) is 17.5 Å². The molecular weight excluding hydrogens is 166 g/mol. The smallest absolute Gasteiger partial charge is 0.128 e. The largest absolute Gasteiger partial charge is 0.491 e. The van der Waals surface area contributed by atoms with Crippen molar-refractivity contribution in [3.05, 3.63) is 23.5 Å². The summed E-state index contributed by atoms with van der Waals surface area (Å²) >= 11 is 0. The van der Waals surface area contributed by atoms with Crippen LogP contribution in [-0.2, 0) is 6.61 Å². The predicted octanol–water partition coefficient (Wildman–Crippen LogP) is 1.67. The highest BCUT2D eigenvalue weighted by Gasteiger charge is 2.07. The fourth-order valence-electron chi connectivity index (χ4n) is 1.13. The van der Waals surface area contributed by atoms with E-state index >= 15 is 0 Å². The fourth-order valence-corrected chi connectivity index (χ4v) is 1.13. The van der Waals surface area contributed by atoms with Gasteiger partial charge in [-0.2, -0.15) is 0 Å². The molecule has 0 aromatic carbocycles. The number of aliphatic hydroxyl groups excluding tert-OH is 1. The normalized spacial score (nSPS) is 10.5. The Morgan fingerprint density at radius 1 is 1.54 bits per heavy atom. The third-order valence-corrected chi connectivity index (χ3v) is 1.75. The summed E-state index contributed by atoms with van der Waals surface area (Å²) in [5, 5.41) is 9.09. The first-order valence-electron chi connectivity index (χ1n) is 4.37. The molecule has 0 amide bonds. The van der Waals surface area contributed by atoms with E-state index in [0.717, 1.165) is 17.0 Å². The maximum Gasteiger partial charge on any atom is 0.128 e. The monoisotopic (exact) mass is 181 g/mol. The first-order chi connectivity index (χ1) is 6.15. The van der Waals surface area contributed by atoms with Crippen molar-refractivity contribution in [2.45, 2.75) is 33.5 Å². The third-order valence-electron chi connectivity index (χ3n) is 1.75. The van der Waals surface area contributed by atoms with Crippen LogP contribution < -0.4 is 4.74 Å². The van der Waals surface area contributed by atoms with E-state index in [-0.39, 0.29) is 12.7 Å². The van der Waals surface area contributed by atoms with Crippen LogP contribution in [0.1, 0.15) is 25.1 Å². The average Bonchev–Trinajstić information content (AvgIpc) is 2.03. The number of hydrogen-bond donors (Lipinski definition) is 1. The Hall–Kier alpha value is -1.09. The van der Waals surface area contributed by atoms with Gasteiger partial charge in [0.15, 0.2) is 0 Å². The van der Waals surface area contributed by atoms with Crippen molar-refractivity contribution in [3.63, 3.8) is 0 Å². The van der Waals surface area contributed by atoms with Crippen LogP contribution in [0.2, 0.25) is 0 Å². The Kier molecular flexibility index (Phi) is 3.25. The highest BCUT2D eigenvalue weighted by molar-refractivity contribution is 5.34. The molecule has 0 saturated carbocycles. The van der Waals surface area contributed by atoms with Crippen molar-refractivity contribution in [1.29, 1.82) is 0 Å².